The van der Waals surface area contributed by atoms with Gasteiger partial charge in [-0.15, -0.1) is 0 Å². The molecule has 0 aliphatic heterocycles. The summed E-state index contributed by atoms with van der Waals surface area (Å²) in [5.74, 6) is -0.122. The lowest BCUT2D eigenvalue weighted by Crippen LogP contribution is -2.08. The van der Waals surface area contributed by atoms with Crippen LogP contribution in [0.25, 0.3) is 0 Å². The van der Waals surface area contributed by atoms with E-state index in [0.29, 0.717) is 12.0 Å². The fourth-order valence-electron chi connectivity index (χ4n) is 1.23. The molecule has 0 aliphatic carbocycles. The van der Waals surface area contributed by atoms with E-state index in [1.54, 1.807) is 19.1 Å². The van der Waals surface area contributed by atoms with Crippen LogP contribution >= 0.6 is 0 Å². The smallest absolute Gasteiger partial charge is 0.267 e. The molecule has 0 saturated heterocycles. The maximum atomic E-state index is 11.3. The molecular formula is C12H14N2O3S. The maximum absolute atomic E-state index is 11.3. The summed E-state index contributed by atoms with van der Waals surface area (Å²) >= 11 is 0. The quantitative estimate of drug-likeness (QED) is 0.603. The van der Waals surface area contributed by atoms with Crippen LogP contribution in [0.2, 0.25) is 0 Å². The fraction of sp³-hybridized carbons (Fsp3) is 0.333. The molecule has 5 nitrogen and oxygen atoms in total. The lowest BCUT2D eigenvalue weighted by atomic mass is 10.1. The lowest BCUT2D eigenvalue weighted by Gasteiger charge is -2.01. The Hall–Kier alpha value is -1.87. The number of hydrogen-bond donors (Lipinski definition) is 0. The van der Waals surface area contributed by atoms with Crippen molar-refractivity contribution < 1.29 is 12.7 Å². The summed E-state index contributed by atoms with van der Waals surface area (Å²) in [5.41, 5.74) is 1.50. The van der Waals surface area contributed by atoms with E-state index >= 15 is 0 Å². The molecule has 96 valence electrons. The predicted molar refractivity (Wildman–Crippen MR) is 68.5 cm³/mol. The number of oxime groups is 1. The highest BCUT2D eigenvalue weighted by atomic mass is 32.2. The minimum atomic E-state index is -3.69. The minimum absolute atomic E-state index is 0.0605. The normalized spacial score (nSPS) is 11.9. The van der Waals surface area contributed by atoms with E-state index in [1.807, 2.05) is 25.1 Å². The third-order valence-corrected chi connectivity index (χ3v) is 3.34. The fourth-order valence-corrected chi connectivity index (χ4v) is 1.99. The monoisotopic (exact) mass is 266 g/mol. The number of aryl methyl sites for hydroxylation is 1. The van der Waals surface area contributed by atoms with Gasteiger partial charge >= 0.3 is 10.1 Å². The molecule has 1 rings (SSSR count). The molecule has 0 amide bonds. The molecule has 18 heavy (non-hydrogen) atoms. The molecule has 1 aromatic carbocycles. The zero-order chi connectivity index (χ0) is 13.6. The summed E-state index contributed by atoms with van der Waals surface area (Å²) in [7, 11) is -3.69. The predicted octanol–water partition coefficient (Wildman–Crippen LogP) is 1.98. The van der Waals surface area contributed by atoms with Gasteiger partial charge in [-0.2, -0.15) is 13.7 Å². The number of hydrogen-bond acceptors (Lipinski definition) is 5. The molecule has 0 bridgehead atoms. The topological polar surface area (TPSA) is 79.5 Å². The van der Waals surface area contributed by atoms with Crippen molar-refractivity contribution in [3.8, 4) is 6.07 Å². The zero-order valence-electron chi connectivity index (χ0n) is 10.3. The van der Waals surface area contributed by atoms with Crippen molar-refractivity contribution in [2.45, 2.75) is 20.3 Å². The van der Waals surface area contributed by atoms with Gasteiger partial charge in [0.25, 0.3) is 0 Å². The summed E-state index contributed by atoms with van der Waals surface area (Å²) in [5, 5.41) is 12.3. The van der Waals surface area contributed by atoms with Crippen LogP contribution < -0.4 is 0 Å². The van der Waals surface area contributed by atoms with Gasteiger partial charge in [0.2, 0.25) is 0 Å². The minimum Gasteiger partial charge on any atom is -0.267 e. The second-order valence-electron chi connectivity index (χ2n) is 3.75. The van der Waals surface area contributed by atoms with Crippen molar-refractivity contribution >= 4 is 15.8 Å². The van der Waals surface area contributed by atoms with Gasteiger partial charge in [0.15, 0.2) is 5.71 Å². The van der Waals surface area contributed by atoms with E-state index in [0.717, 1.165) is 5.56 Å². The van der Waals surface area contributed by atoms with Gasteiger partial charge in [-0.1, -0.05) is 41.9 Å². The van der Waals surface area contributed by atoms with Crippen LogP contribution in [0.15, 0.2) is 29.4 Å². The summed E-state index contributed by atoms with van der Waals surface area (Å²) < 4.78 is 27.0. The van der Waals surface area contributed by atoms with Crippen molar-refractivity contribution in [2.24, 2.45) is 5.16 Å². The molecule has 1 aromatic rings. The first kappa shape index (κ1) is 14.2. The third kappa shape index (κ3) is 4.18. The van der Waals surface area contributed by atoms with Gasteiger partial charge in [0.1, 0.15) is 6.07 Å². The Bertz CT molecular complexity index is 568. The summed E-state index contributed by atoms with van der Waals surface area (Å²) in [4.78, 5) is 0. The Kier molecular flexibility index (Phi) is 4.86. The van der Waals surface area contributed by atoms with E-state index in [-0.39, 0.29) is 11.5 Å². The van der Waals surface area contributed by atoms with Gasteiger partial charge < -0.3 is 0 Å². The Morgan fingerprint density at radius 1 is 1.39 bits per heavy atom. The Morgan fingerprint density at radius 3 is 2.50 bits per heavy atom. The van der Waals surface area contributed by atoms with Crippen molar-refractivity contribution in [1.82, 2.24) is 0 Å². The molecule has 0 heterocycles. The zero-order valence-corrected chi connectivity index (χ0v) is 11.1. The highest BCUT2D eigenvalue weighted by Crippen LogP contribution is 2.06. The van der Waals surface area contributed by atoms with Crippen molar-refractivity contribution in [3.05, 3.63) is 35.4 Å². The highest BCUT2D eigenvalue weighted by molar-refractivity contribution is 7.86. The van der Waals surface area contributed by atoms with Gasteiger partial charge in [-0.25, -0.2) is 0 Å². The van der Waals surface area contributed by atoms with Crippen molar-refractivity contribution in [3.63, 3.8) is 0 Å². The largest absolute Gasteiger partial charge is 0.328 e. The molecule has 0 saturated carbocycles. The SMILES string of the molecule is CCCS(=O)(=O)O/N=C(\C#N)c1ccc(C)cc1. The molecule has 0 fully saturated rings. The summed E-state index contributed by atoms with van der Waals surface area (Å²) in [6.45, 7) is 3.63. The van der Waals surface area contributed by atoms with E-state index in [2.05, 4.69) is 9.44 Å². The molecule has 0 atom stereocenters. The number of nitrogens with zero attached hydrogens (tertiary/aromatic N) is 2. The molecule has 0 spiro atoms. The Balaban J connectivity index is 2.92. The van der Waals surface area contributed by atoms with E-state index in [9.17, 15) is 8.42 Å². The number of rotatable bonds is 5. The first-order valence-electron chi connectivity index (χ1n) is 5.45. The second-order valence-corrected chi connectivity index (χ2v) is 5.43. The molecular weight excluding hydrogens is 252 g/mol. The third-order valence-electron chi connectivity index (χ3n) is 2.13. The van der Waals surface area contributed by atoms with Gasteiger partial charge in [0.05, 0.1) is 5.75 Å². The van der Waals surface area contributed by atoms with Gasteiger partial charge in [0, 0.05) is 5.56 Å². The van der Waals surface area contributed by atoms with Crippen LogP contribution in [0.5, 0.6) is 0 Å². The van der Waals surface area contributed by atoms with Crippen LogP contribution in [-0.2, 0) is 14.4 Å². The van der Waals surface area contributed by atoms with Crippen LogP contribution in [-0.4, -0.2) is 19.9 Å². The average Bonchev–Trinajstić information content (AvgIpc) is 2.32. The van der Waals surface area contributed by atoms with Crippen molar-refractivity contribution in [2.75, 3.05) is 5.75 Å². The maximum Gasteiger partial charge on any atom is 0.328 e. The second kappa shape index (κ2) is 6.17. The molecule has 0 radical (unpaired) electrons. The number of nitriles is 1. The van der Waals surface area contributed by atoms with Crippen LogP contribution in [0.3, 0.4) is 0 Å². The molecule has 0 unspecified atom stereocenters. The van der Waals surface area contributed by atoms with Crippen LogP contribution in [0, 0.1) is 18.3 Å². The van der Waals surface area contributed by atoms with Crippen LogP contribution in [0.1, 0.15) is 24.5 Å². The molecule has 0 aromatic heterocycles. The lowest BCUT2D eigenvalue weighted by molar-refractivity contribution is 0.339. The first-order valence-corrected chi connectivity index (χ1v) is 7.02. The average molecular weight is 266 g/mol. The van der Waals surface area contributed by atoms with E-state index in [1.165, 1.54) is 0 Å². The standard InChI is InChI=1S/C12H14N2O3S/c1-3-8-18(15,16)17-14-12(9-13)11-6-4-10(2)5-7-11/h4-7H,3,8H2,1-2H3/b14-12+. The van der Waals surface area contributed by atoms with Gasteiger partial charge in [-0.05, 0) is 13.3 Å². The Morgan fingerprint density at radius 2 is 2.00 bits per heavy atom. The van der Waals surface area contributed by atoms with E-state index < -0.39 is 10.1 Å². The molecule has 0 N–H and O–H groups in total. The van der Waals surface area contributed by atoms with Gasteiger partial charge in [-0.3, -0.25) is 4.28 Å². The molecule has 0 aliphatic rings. The highest BCUT2D eigenvalue weighted by Gasteiger charge is 2.11. The summed E-state index contributed by atoms with van der Waals surface area (Å²) in [6.07, 6.45) is 0.435. The summed E-state index contributed by atoms with van der Waals surface area (Å²) in [6, 6.07) is 8.80. The van der Waals surface area contributed by atoms with Crippen molar-refractivity contribution in [1.29, 1.82) is 5.26 Å². The van der Waals surface area contributed by atoms with E-state index in [4.69, 9.17) is 5.26 Å². The van der Waals surface area contributed by atoms with Crippen LogP contribution in [0.4, 0.5) is 0 Å². The molecule has 6 heteroatoms. The first-order chi connectivity index (χ1) is 8.48. The Labute approximate surface area is 107 Å². The number of benzene rings is 1.